The van der Waals surface area contributed by atoms with Crippen LogP contribution in [-0.4, -0.2) is 13.1 Å². The van der Waals surface area contributed by atoms with Gasteiger partial charge in [-0.3, -0.25) is 0 Å². The molecule has 2 unspecified atom stereocenters. The van der Waals surface area contributed by atoms with E-state index in [0.29, 0.717) is 17.0 Å². The molecule has 88 valence electrons. The van der Waals surface area contributed by atoms with Crippen LogP contribution in [0.3, 0.4) is 0 Å². The summed E-state index contributed by atoms with van der Waals surface area (Å²) in [5.41, 5.74) is 1.22. The molecular formula is C13H17Cl2N. The summed E-state index contributed by atoms with van der Waals surface area (Å²) in [5.74, 6) is 0.712. The Morgan fingerprint density at radius 2 is 2.12 bits per heavy atom. The van der Waals surface area contributed by atoms with Gasteiger partial charge in [-0.05, 0) is 49.9 Å². The molecule has 0 spiro atoms. The van der Waals surface area contributed by atoms with Gasteiger partial charge in [0.05, 0.1) is 0 Å². The fraction of sp³-hybridized carbons (Fsp3) is 0.538. The van der Waals surface area contributed by atoms with Crippen molar-refractivity contribution in [2.75, 3.05) is 7.05 Å². The molecule has 3 heteroatoms. The van der Waals surface area contributed by atoms with Gasteiger partial charge in [0, 0.05) is 16.1 Å². The van der Waals surface area contributed by atoms with Crippen molar-refractivity contribution in [3.63, 3.8) is 0 Å². The van der Waals surface area contributed by atoms with Crippen LogP contribution in [0.25, 0.3) is 0 Å². The highest BCUT2D eigenvalue weighted by molar-refractivity contribution is 6.35. The molecule has 1 nitrogen and oxygen atoms in total. The third-order valence-corrected chi connectivity index (χ3v) is 4.11. The largest absolute Gasteiger partial charge is 0.317 e. The van der Waals surface area contributed by atoms with E-state index in [1.54, 1.807) is 0 Å². The maximum atomic E-state index is 6.19. The highest BCUT2D eigenvalue weighted by atomic mass is 35.5. The van der Waals surface area contributed by atoms with Crippen molar-refractivity contribution in [1.82, 2.24) is 5.32 Å². The van der Waals surface area contributed by atoms with Crippen molar-refractivity contribution >= 4 is 23.2 Å². The summed E-state index contributed by atoms with van der Waals surface area (Å²) >= 11 is 12.1. The van der Waals surface area contributed by atoms with Crippen LogP contribution in [0, 0.1) is 5.92 Å². The van der Waals surface area contributed by atoms with Gasteiger partial charge in [0.1, 0.15) is 0 Å². The van der Waals surface area contributed by atoms with Crippen LogP contribution < -0.4 is 5.32 Å². The Morgan fingerprint density at radius 1 is 1.31 bits per heavy atom. The highest BCUT2D eigenvalue weighted by Crippen LogP contribution is 2.31. The first-order chi connectivity index (χ1) is 7.70. The van der Waals surface area contributed by atoms with Gasteiger partial charge in [-0.1, -0.05) is 35.7 Å². The summed E-state index contributed by atoms with van der Waals surface area (Å²) in [6.07, 6.45) is 4.96. The molecule has 16 heavy (non-hydrogen) atoms. The fourth-order valence-corrected chi connectivity index (χ4v) is 3.12. The van der Waals surface area contributed by atoms with E-state index in [9.17, 15) is 0 Å². The van der Waals surface area contributed by atoms with E-state index in [0.717, 1.165) is 11.4 Å². The van der Waals surface area contributed by atoms with Crippen LogP contribution in [0.5, 0.6) is 0 Å². The lowest BCUT2D eigenvalue weighted by molar-refractivity contribution is 0.423. The Hall–Kier alpha value is -0.240. The number of benzene rings is 1. The minimum atomic E-state index is 0.645. The van der Waals surface area contributed by atoms with E-state index in [1.165, 1.54) is 24.8 Å². The molecule has 0 saturated heterocycles. The summed E-state index contributed by atoms with van der Waals surface area (Å²) in [6.45, 7) is 0. The number of halogens is 2. The Kier molecular flexibility index (Phi) is 4.12. The molecule has 2 rings (SSSR count). The molecular weight excluding hydrogens is 241 g/mol. The van der Waals surface area contributed by atoms with Crippen molar-refractivity contribution in [3.8, 4) is 0 Å². The molecule has 1 saturated carbocycles. The number of rotatable bonds is 3. The summed E-state index contributed by atoms with van der Waals surface area (Å²) in [4.78, 5) is 0. The second kappa shape index (κ2) is 5.39. The van der Waals surface area contributed by atoms with Crippen molar-refractivity contribution in [3.05, 3.63) is 33.8 Å². The number of nitrogens with one attached hydrogen (secondary N) is 1. The van der Waals surface area contributed by atoms with Crippen molar-refractivity contribution < 1.29 is 0 Å². The van der Waals surface area contributed by atoms with Crippen molar-refractivity contribution in [1.29, 1.82) is 0 Å². The van der Waals surface area contributed by atoms with Gasteiger partial charge in [0.2, 0.25) is 0 Å². The Labute approximate surface area is 107 Å². The summed E-state index contributed by atoms with van der Waals surface area (Å²) < 4.78 is 0. The molecule has 0 aliphatic heterocycles. The van der Waals surface area contributed by atoms with Crippen LogP contribution in [0.1, 0.15) is 24.8 Å². The first-order valence-electron chi connectivity index (χ1n) is 5.82. The fourth-order valence-electron chi connectivity index (χ4n) is 2.63. The molecule has 0 amide bonds. The van der Waals surface area contributed by atoms with Crippen LogP contribution in [0.4, 0.5) is 0 Å². The Bertz CT molecular complexity index is 365. The van der Waals surface area contributed by atoms with Crippen LogP contribution in [0.2, 0.25) is 10.0 Å². The zero-order valence-electron chi connectivity index (χ0n) is 9.47. The lowest BCUT2D eigenvalue weighted by Gasteiger charge is -2.19. The monoisotopic (exact) mass is 257 g/mol. The normalized spacial score (nSPS) is 24.9. The SMILES string of the molecule is CNC1CCCC1Cc1ccc(Cl)cc1Cl. The number of hydrogen-bond acceptors (Lipinski definition) is 1. The molecule has 1 aliphatic carbocycles. The molecule has 1 aliphatic rings. The van der Waals surface area contributed by atoms with E-state index in [4.69, 9.17) is 23.2 Å². The molecule has 1 aromatic rings. The predicted molar refractivity (Wildman–Crippen MR) is 70.4 cm³/mol. The molecule has 0 heterocycles. The zero-order chi connectivity index (χ0) is 11.5. The summed E-state index contributed by atoms with van der Waals surface area (Å²) in [6, 6.07) is 6.45. The average molecular weight is 258 g/mol. The van der Waals surface area contributed by atoms with Gasteiger partial charge in [0.25, 0.3) is 0 Å². The molecule has 0 bridgehead atoms. The lowest BCUT2D eigenvalue weighted by Crippen LogP contribution is -2.30. The van der Waals surface area contributed by atoms with E-state index in [1.807, 2.05) is 19.2 Å². The third kappa shape index (κ3) is 2.71. The Balaban J connectivity index is 2.08. The molecule has 1 aromatic carbocycles. The highest BCUT2D eigenvalue weighted by Gasteiger charge is 2.26. The maximum absolute atomic E-state index is 6.19. The summed E-state index contributed by atoms with van der Waals surface area (Å²) in [7, 11) is 2.05. The molecule has 1 N–H and O–H groups in total. The van der Waals surface area contributed by atoms with Gasteiger partial charge in [-0.15, -0.1) is 0 Å². The predicted octanol–water partition coefficient (Wildman–Crippen LogP) is 3.92. The third-order valence-electron chi connectivity index (χ3n) is 3.53. The molecule has 1 fully saturated rings. The van der Waals surface area contributed by atoms with Crippen LogP contribution in [-0.2, 0) is 6.42 Å². The first-order valence-corrected chi connectivity index (χ1v) is 6.57. The molecule has 2 atom stereocenters. The van der Waals surface area contributed by atoms with E-state index in [2.05, 4.69) is 11.4 Å². The maximum Gasteiger partial charge on any atom is 0.0452 e. The van der Waals surface area contributed by atoms with Crippen LogP contribution in [0.15, 0.2) is 18.2 Å². The van der Waals surface area contributed by atoms with Crippen LogP contribution >= 0.6 is 23.2 Å². The smallest absolute Gasteiger partial charge is 0.0452 e. The standard InChI is InChI=1S/C13H17Cl2N/c1-16-13-4-2-3-10(13)7-9-5-6-11(14)8-12(9)15/h5-6,8,10,13,16H,2-4,7H2,1H3. The molecule has 0 aromatic heterocycles. The summed E-state index contributed by atoms with van der Waals surface area (Å²) in [5, 5.41) is 4.91. The van der Waals surface area contributed by atoms with Crippen molar-refractivity contribution in [2.45, 2.75) is 31.7 Å². The lowest BCUT2D eigenvalue weighted by atomic mass is 9.95. The van der Waals surface area contributed by atoms with Gasteiger partial charge < -0.3 is 5.32 Å². The minimum Gasteiger partial charge on any atom is -0.317 e. The first kappa shape index (κ1) is 12.2. The molecule has 0 radical (unpaired) electrons. The number of hydrogen-bond donors (Lipinski definition) is 1. The van der Waals surface area contributed by atoms with E-state index >= 15 is 0 Å². The second-order valence-electron chi connectivity index (χ2n) is 4.53. The van der Waals surface area contributed by atoms with Gasteiger partial charge in [-0.2, -0.15) is 0 Å². The van der Waals surface area contributed by atoms with Crippen molar-refractivity contribution in [2.24, 2.45) is 5.92 Å². The van der Waals surface area contributed by atoms with Gasteiger partial charge >= 0.3 is 0 Å². The van der Waals surface area contributed by atoms with Gasteiger partial charge in [0.15, 0.2) is 0 Å². The van der Waals surface area contributed by atoms with E-state index < -0.39 is 0 Å². The van der Waals surface area contributed by atoms with Gasteiger partial charge in [-0.25, -0.2) is 0 Å². The topological polar surface area (TPSA) is 12.0 Å². The van der Waals surface area contributed by atoms with E-state index in [-0.39, 0.29) is 0 Å². The second-order valence-corrected chi connectivity index (χ2v) is 5.37. The minimum absolute atomic E-state index is 0.645. The quantitative estimate of drug-likeness (QED) is 0.866. The average Bonchev–Trinajstić information content (AvgIpc) is 2.69. The zero-order valence-corrected chi connectivity index (χ0v) is 11.0. The Morgan fingerprint density at radius 3 is 2.81 bits per heavy atom.